The molecule has 2 N–H and O–H groups in total. The van der Waals surface area contributed by atoms with E-state index >= 15 is 0 Å². The second-order valence-corrected chi connectivity index (χ2v) is 3.91. The van der Waals surface area contributed by atoms with Gasteiger partial charge in [0.2, 0.25) is 0 Å². The number of rotatable bonds is 6. The Morgan fingerprint density at radius 3 is 2.08 bits per heavy atom. The van der Waals surface area contributed by atoms with Gasteiger partial charge in [0.25, 0.3) is 0 Å². The summed E-state index contributed by atoms with van der Waals surface area (Å²) in [6.07, 6.45) is 1.44. The van der Waals surface area contributed by atoms with Crippen molar-refractivity contribution in [3.05, 3.63) is 0 Å². The molecule has 0 aliphatic heterocycles. The summed E-state index contributed by atoms with van der Waals surface area (Å²) < 4.78 is 5.53. The molecular formula is C10H23NO. The van der Waals surface area contributed by atoms with Gasteiger partial charge < -0.3 is 10.5 Å². The molecule has 0 aromatic heterocycles. The summed E-state index contributed by atoms with van der Waals surface area (Å²) in [5, 5.41) is 0. The molecule has 0 spiro atoms. The molecule has 2 unspecified atom stereocenters. The second kappa shape index (κ2) is 6.44. The molecule has 2 atom stereocenters. The summed E-state index contributed by atoms with van der Waals surface area (Å²) in [5.74, 6) is 1.30. The number of hydrogen-bond donors (Lipinski definition) is 1. The van der Waals surface area contributed by atoms with Crippen LogP contribution in [0.3, 0.4) is 0 Å². The standard InChI is InChI=1S/C10H23NO/c1-8(2)12-7-10(4)9(3)5-6-11/h8-10H,5-7,11H2,1-4H3. The SMILES string of the molecule is CC(C)OCC(C)C(C)CCN. The molecule has 2 heteroatoms. The third-order valence-corrected chi connectivity index (χ3v) is 2.29. The van der Waals surface area contributed by atoms with Crippen molar-refractivity contribution >= 4 is 0 Å². The van der Waals surface area contributed by atoms with E-state index in [1.807, 2.05) is 0 Å². The predicted molar refractivity (Wildman–Crippen MR) is 53.1 cm³/mol. The lowest BCUT2D eigenvalue weighted by Crippen LogP contribution is -2.19. The lowest BCUT2D eigenvalue weighted by Gasteiger charge is -2.20. The molecule has 0 radical (unpaired) electrons. The fourth-order valence-electron chi connectivity index (χ4n) is 1.06. The molecule has 0 saturated heterocycles. The molecule has 0 saturated carbocycles. The molecule has 2 nitrogen and oxygen atoms in total. The Morgan fingerprint density at radius 1 is 1.08 bits per heavy atom. The summed E-state index contributed by atoms with van der Waals surface area (Å²) in [5.41, 5.74) is 5.48. The molecule has 0 aliphatic rings. The Labute approximate surface area is 76.5 Å². The van der Waals surface area contributed by atoms with Crippen LogP contribution in [0.5, 0.6) is 0 Å². The van der Waals surface area contributed by atoms with Crippen molar-refractivity contribution in [2.24, 2.45) is 17.6 Å². The molecule has 12 heavy (non-hydrogen) atoms. The third kappa shape index (κ3) is 5.56. The Hall–Kier alpha value is -0.0800. The van der Waals surface area contributed by atoms with Crippen molar-refractivity contribution in [3.8, 4) is 0 Å². The van der Waals surface area contributed by atoms with Gasteiger partial charge in [-0.1, -0.05) is 13.8 Å². The van der Waals surface area contributed by atoms with Crippen LogP contribution in [-0.2, 0) is 4.74 Å². The first-order chi connectivity index (χ1) is 5.57. The normalized spacial score (nSPS) is 16.5. The number of hydrogen-bond acceptors (Lipinski definition) is 2. The second-order valence-electron chi connectivity index (χ2n) is 3.91. The van der Waals surface area contributed by atoms with Gasteiger partial charge in [0.1, 0.15) is 0 Å². The molecule has 0 aromatic rings. The van der Waals surface area contributed by atoms with Crippen molar-refractivity contribution in [2.75, 3.05) is 13.2 Å². The van der Waals surface area contributed by atoms with E-state index in [4.69, 9.17) is 10.5 Å². The zero-order valence-electron chi connectivity index (χ0n) is 8.84. The number of nitrogens with two attached hydrogens (primary N) is 1. The highest BCUT2D eigenvalue weighted by molar-refractivity contribution is 4.61. The first kappa shape index (κ1) is 11.9. The molecule has 0 aliphatic carbocycles. The highest BCUT2D eigenvalue weighted by atomic mass is 16.5. The summed E-state index contributed by atoms with van der Waals surface area (Å²) >= 11 is 0. The third-order valence-electron chi connectivity index (χ3n) is 2.29. The van der Waals surface area contributed by atoms with Crippen LogP contribution in [0.1, 0.15) is 34.1 Å². The van der Waals surface area contributed by atoms with E-state index in [1.165, 1.54) is 0 Å². The quantitative estimate of drug-likeness (QED) is 0.667. The van der Waals surface area contributed by atoms with Gasteiger partial charge in [0.15, 0.2) is 0 Å². The van der Waals surface area contributed by atoms with Gasteiger partial charge in [-0.15, -0.1) is 0 Å². The van der Waals surface area contributed by atoms with Crippen molar-refractivity contribution in [1.82, 2.24) is 0 Å². The van der Waals surface area contributed by atoms with Crippen molar-refractivity contribution in [3.63, 3.8) is 0 Å². The average Bonchev–Trinajstić information content (AvgIpc) is 2.00. The van der Waals surface area contributed by atoms with E-state index in [0.717, 1.165) is 19.6 Å². The summed E-state index contributed by atoms with van der Waals surface area (Å²) in [4.78, 5) is 0. The van der Waals surface area contributed by atoms with Gasteiger partial charge in [-0.05, 0) is 38.6 Å². The van der Waals surface area contributed by atoms with Crippen molar-refractivity contribution in [1.29, 1.82) is 0 Å². The molecule has 0 heterocycles. The van der Waals surface area contributed by atoms with Crippen LogP contribution in [0, 0.1) is 11.8 Å². The van der Waals surface area contributed by atoms with Crippen LogP contribution in [0.4, 0.5) is 0 Å². The highest BCUT2D eigenvalue weighted by Gasteiger charge is 2.11. The minimum absolute atomic E-state index is 0.345. The minimum atomic E-state index is 0.345. The van der Waals surface area contributed by atoms with Crippen molar-refractivity contribution in [2.45, 2.75) is 40.2 Å². The van der Waals surface area contributed by atoms with Gasteiger partial charge in [-0.25, -0.2) is 0 Å². The first-order valence-corrected chi connectivity index (χ1v) is 4.89. The smallest absolute Gasteiger partial charge is 0.0519 e. The van der Waals surface area contributed by atoms with Gasteiger partial charge in [-0.3, -0.25) is 0 Å². The van der Waals surface area contributed by atoms with Gasteiger partial charge >= 0.3 is 0 Å². The predicted octanol–water partition coefficient (Wildman–Crippen LogP) is 2.03. The maximum absolute atomic E-state index is 5.53. The Morgan fingerprint density at radius 2 is 1.67 bits per heavy atom. The minimum Gasteiger partial charge on any atom is -0.379 e. The maximum atomic E-state index is 5.53. The number of ether oxygens (including phenoxy) is 1. The van der Waals surface area contributed by atoms with E-state index < -0.39 is 0 Å². The highest BCUT2D eigenvalue weighted by Crippen LogP contribution is 2.14. The van der Waals surface area contributed by atoms with Crippen LogP contribution in [0.2, 0.25) is 0 Å². The monoisotopic (exact) mass is 173 g/mol. The van der Waals surface area contributed by atoms with Gasteiger partial charge in [-0.2, -0.15) is 0 Å². The van der Waals surface area contributed by atoms with Crippen LogP contribution >= 0.6 is 0 Å². The molecule has 0 amide bonds. The fraction of sp³-hybridized carbons (Fsp3) is 1.00. The molecular weight excluding hydrogens is 150 g/mol. The molecule has 0 bridgehead atoms. The lowest BCUT2D eigenvalue weighted by molar-refractivity contribution is 0.0414. The van der Waals surface area contributed by atoms with E-state index in [0.29, 0.717) is 17.9 Å². The molecule has 0 rings (SSSR count). The Kier molecular flexibility index (Phi) is 6.39. The molecule has 0 aromatic carbocycles. The van der Waals surface area contributed by atoms with Crippen LogP contribution in [0.25, 0.3) is 0 Å². The average molecular weight is 173 g/mol. The summed E-state index contributed by atoms with van der Waals surface area (Å²) in [6.45, 7) is 10.2. The van der Waals surface area contributed by atoms with Gasteiger partial charge in [0.05, 0.1) is 6.10 Å². The van der Waals surface area contributed by atoms with E-state index in [9.17, 15) is 0 Å². The largest absolute Gasteiger partial charge is 0.379 e. The Bertz CT molecular complexity index is 104. The lowest BCUT2D eigenvalue weighted by atomic mass is 9.94. The van der Waals surface area contributed by atoms with Crippen LogP contribution < -0.4 is 5.73 Å². The fourth-order valence-corrected chi connectivity index (χ4v) is 1.06. The summed E-state index contributed by atoms with van der Waals surface area (Å²) in [7, 11) is 0. The summed E-state index contributed by atoms with van der Waals surface area (Å²) in [6, 6.07) is 0. The zero-order chi connectivity index (χ0) is 9.56. The topological polar surface area (TPSA) is 35.2 Å². The van der Waals surface area contributed by atoms with Crippen molar-refractivity contribution < 1.29 is 4.74 Å². The molecule has 74 valence electrons. The van der Waals surface area contributed by atoms with Crippen LogP contribution in [-0.4, -0.2) is 19.3 Å². The Balaban J connectivity index is 3.49. The molecule has 0 fully saturated rings. The van der Waals surface area contributed by atoms with E-state index in [-0.39, 0.29) is 0 Å². The van der Waals surface area contributed by atoms with Gasteiger partial charge in [0, 0.05) is 6.61 Å². The zero-order valence-corrected chi connectivity index (χ0v) is 8.84. The van der Waals surface area contributed by atoms with Crippen LogP contribution in [0.15, 0.2) is 0 Å². The van der Waals surface area contributed by atoms with E-state index in [2.05, 4.69) is 27.7 Å². The first-order valence-electron chi connectivity index (χ1n) is 4.89. The maximum Gasteiger partial charge on any atom is 0.0519 e. The van der Waals surface area contributed by atoms with E-state index in [1.54, 1.807) is 0 Å².